The Bertz CT molecular complexity index is 503. The number of anilines is 2. The van der Waals surface area contributed by atoms with Crippen molar-refractivity contribution in [2.75, 3.05) is 44.8 Å². The van der Waals surface area contributed by atoms with Crippen molar-refractivity contribution in [2.45, 2.75) is 6.92 Å². The van der Waals surface area contributed by atoms with Crippen molar-refractivity contribution in [3.8, 4) is 0 Å². The maximum atomic E-state index is 11.9. The fraction of sp³-hybridized carbons (Fsp3) is 0.429. The van der Waals surface area contributed by atoms with Gasteiger partial charge in [0.05, 0.1) is 23.5 Å². The van der Waals surface area contributed by atoms with Crippen LogP contribution in [0.3, 0.4) is 0 Å². The van der Waals surface area contributed by atoms with Crippen molar-refractivity contribution < 1.29 is 14.3 Å². The van der Waals surface area contributed by atoms with Gasteiger partial charge in [0.25, 0.3) is 0 Å². The van der Waals surface area contributed by atoms with Crippen LogP contribution in [0.4, 0.5) is 16.2 Å². The van der Waals surface area contributed by atoms with E-state index in [1.165, 1.54) is 4.90 Å². The van der Waals surface area contributed by atoms with Gasteiger partial charge in [-0.25, -0.2) is 9.59 Å². The van der Waals surface area contributed by atoms with Crippen LogP contribution in [0.5, 0.6) is 0 Å². The summed E-state index contributed by atoms with van der Waals surface area (Å²) in [5.74, 6) is -0.426. The molecule has 0 saturated heterocycles. The molecule has 0 atom stereocenters. The standard InChI is InChI=1S/C14H22N4O3/c1-4-21-13(19)10-6-5-7-11(15)12(10)16-8-9-17-14(20)18(2)3/h5-7,16H,4,8-9,15H2,1-3H3,(H,17,20). The van der Waals surface area contributed by atoms with E-state index in [1.807, 2.05) is 0 Å². The first-order valence-corrected chi connectivity index (χ1v) is 6.72. The lowest BCUT2D eigenvalue weighted by molar-refractivity contribution is 0.0527. The summed E-state index contributed by atoms with van der Waals surface area (Å²) in [5.41, 5.74) is 7.25. The number of nitrogens with two attached hydrogens (primary N) is 1. The van der Waals surface area contributed by atoms with Crippen LogP contribution < -0.4 is 16.4 Å². The number of para-hydroxylation sites is 1. The fourth-order valence-electron chi connectivity index (χ4n) is 1.66. The maximum absolute atomic E-state index is 11.9. The van der Waals surface area contributed by atoms with Crippen molar-refractivity contribution >= 4 is 23.4 Å². The summed E-state index contributed by atoms with van der Waals surface area (Å²) < 4.78 is 4.99. The van der Waals surface area contributed by atoms with E-state index < -0.39 is 5.97 Å². The molecular formula is C14H22N4O3. The Hall–Kier alpha value is -2.44. The number of nitrogens with one attached hydrogen (secondary N) is 2. The number of rotatable bonds is 6. The fourth-order valence-corrected chi connectivity index (χ4v) is 1.66. The van der Waals surface area contributed by atoms with Crippen LogP contribution in [0.1, 0.15) is 17.3 Å². The number of carbonyl (C=O) groups is 2. The normalized spacial score (nSPS) is 9.86. The average molecular weight is 294 g/mol. The Balaban J connectivity index is 2.65. The highest BCUT2D eigenvalue weighted by Crippen LogP contribution is 2.23. The second-order valence-corrected chi connectivity index (χ2v) is 4.54. The summed E-state index contributed by atoms with van der Waals surface area (Å²) in [6.07, 6.45) is 0. The van der Waals surface area contributed by atoms with Crippen LogP contribution in [0.15, 0.2) is 18.2 Å². The molecule has 0 fully saturated rings. The molecule has 1 aromatic carbocycles. The third kappa shape index (κ3) is 4.87. The van der Waals surface area contributed by atoms with E-state index in [1.54, 1.807) is 39.2 Å². The lowest BCUT2D eigenvalue weighted by Crippen LogP contribution is -2.37. The van der Waals surface area contributed by atoms with Gasteiger partial charge in [0.2, 0.25) is 0 Å². The summed E-state index contributed by atoms with van der Waals surface area (Å²) >= 11 is 0. The molecule has 116 valence electrons. The van der Waals surface area contributed by atoms with Crippen LogP contribution in [0.2, 0.25) is 0 Å². The summed E-state index contributed by atoms with van der Waals surface area (Å²) in [4.78, 5) is 24.7. The first-order valence-electron chi connectivity index (χ1n) is 6.72. The summed E-state index contributed by atoms with van der Waals surface area (Å²) in [5, 5.41) is 5.77. The zero-order chi connectivity index (χ0) is 15.8. The zero-order valence-electron chi connectivity index (χ0n) is 12.6. The zero-order valence-corrected chi connectivity index (χ0v) is 12.6. The van der Waals surface area contributed by atoms with Crippen LogP contribution in [0.25, 0.3) is 0 Å². The topological polar surface area (TPSA) is 96.7 Å². The monoisotopic (exact) mass is 294 g/mol. The number of benzene rings is 1. The Morgan fingerprint density at radius 2 is 2.00 bits per heavy atom. The highest BCUT2D eigenvalue weighted by molar-refractivity contribution is 5.98. The van der Waals surface area contributed by atoms with Crippen molar-refractivity contribution in [2.24, 2.45) is 0 Å². The van der Waals surface area contributed by atoms with Gasteiger partial charge in [0.1, 0.15) is 0 Å². The molecule has 1 aromatic rings. The smallest absolute Gasteiger partial charge is 0.340 e. The molecule has 0 bridgehead atoms. The SMILES string of the molecule is CCOC(=O)c1cccc(N)c1NCCNC(=O)N(C)C. The van der Waals surface area contributed by atoms with E-state index in [0.29, 0.717) is 36.6 Å². The average Bonchev–Trinajstić information content (AvgIpc) is 2.44. The number of nitrogens with zero attached hydrogens (tertiary/aromatic N) is 1. The van der Waals surface area contributed by atoms with E-state index in [0.717, 1.165) is 0 Å². The van der Waals surface area contributed by atoms with E-state index in [2.05, 4.69) is 10.6 Å². The molecule has 0 saturated carbocycles. The molecule has 0 heterocycles. The van der Waals surface area contributed by atoms with Crippen LogP contribution >= 0.6 is 0 Å². The highest BCUT2D eigenvalue weighted by Gasteiger charge is 2.14. The molecular weight excluding hydrogens is 272 g/mol. The second-order valence-electron chi connectivity index (χ2n) is 4.54. The number of amides is 2. The van der Waals surface area contributed by atoms with Gasteiger partial charge in [-0.3, -0.25) is 0 Å². The molecule has 0 aromatic heterocycles. The lowest BCUT2D eigenvalue weighted by atomic mass is 10.1. The molecule has 7 nitrogen and oxygen atoms in total. The van der Waals surface area contributed by atoms with Crippen molar-refractivity contribution in [3.05, 3.63) is 23.8 Å². The Kier molecular flexibility index (Phi) is 6.32. The van der Waals surface area contributed by atoms with Crippen LogP contribution in [-0.2, 0) is 4.74 Å². The van der Waals surface area contributed by atoms with Gasteiger partial charge in [0, 0.05) is 27.2 Å². The highest BCUT2D eigenvalue weighted by atomic mass is 16.5. The molecule has 0 aliphatic carbocycles. The number of hydrogen-bond donors (Lipinski definition) is 3. The van der Waals surface area contributed by atoms with Crippen molar-refractivity contribution in [1.29, 1.82) is 0 Å². The molecule has 21 heavy (non-hydrogen) atoms. The van der Waals surface area contributed by atoms with Gasteiger partial charge >= 0.3 is 12.0 Å². The number of carbonyl (C=O) groups excluding carboxylic acids is 2. The maximum Gasteiger partial charge on any atom is 0.340 e. The van der Waals surface area contributed by atoms with E-state index in [-0.39, 0.29) is 6.03 Å². The molecule has 0 spiro atoms. The van der Waals surface area contributed by atoms with Crippen molar-refractivity contribution in [3.63, 3.8) is 0 Å². The Morgan fingerprint density at radius 1 is 1.29 bits per heavy atom. The number of urea groups is 1. The molecule has 1 rings (SSSR count). The number of esters is 1. The molecule has 0 aliphatic rings. The summed E-state index contributed by atoms with van der Waals surface area (Å²) in [6.45, 7) is 2.90. The van der Waals surface area contributed by atoms with E-state index in [9.17, 15) is 9.59 Å². The number of hydrogen-bond acceptors (Lipinski definition) is 5. The minimum Gasteiger partial charge on any atom is -0.462 e. The molecule has 0 unspecified atom stereocenters. The van der Waals surface area contributed by atoms with Gasteiger partial charge in [-0.2, -0.15) is 0 Å². The molecule has 0 aliphatic heterocycles. The number of ether oxygens (including phenoxy) is 1. The van der Waals surface area contributed by atoms with E-state index >= 15 is 0 Å². The largest absolute Gasteiger partial charge is 0.462 e. The molecule has 0 radical (unpaired) electrons. The third-order valence-corrected chi connectivity index (χ3v) is 2.70. The predicted octanol–water partition coefficient (Wildman–Crippen LogP) is 1.13. The summed E-state index contributed by atoms with van der Waals surface area (Å²) in [7, 11) is 3.33. The first kappa shape index (κ1) is 16.6. The first-order chi connectivity index (χ1) is 9.97. The second kappa shape index (κ2) is 7.98. The molecule has 4 N–H and O–H groups in total. The van der Waals surface area contributed by atoms with Crippen LogP contribution in [0, 0.1) is 0 Å². The van der Waals surface area contributed by atoms with Gasteiger partial charge in [0.15, 0.2) is 0 Å². The van der Waals surface area contributed by atoms with Gasteiger partial charge < -0.3 is 26.0 Å². The third-order valence-electron chi connectivity index (χ3n) is 2.70. The lowest BCUT2D eigenvalue weighted by Gasteiger charge is -2.15. The van der Waals surface area contributed by atoms with E-state index in [4.69, 9.17) is 10.5 Å². The van der Waals surface area contributed by atoms with Gasteiger partial charge in [-0.1, -0.05) is 6.07 Å². The summed E-state index contributed by atoms with van der Waals surface area (Å²) in [6, 6.07) is 4.86. The Morgan fingerprint density at radius 3 is 2.62 bits per heavy atom. The van der Waals surface area contributed by atoms with Crippen LogP contribution in [-0.4, -0.2) is 50.7 Å². The minimum atomic E-state index is -0.426. The quantitative estimate of drug-likeness (QED) is 0.415. The Labute approximate surface area is 124 Å². The van der Waals surface area contributed by atoms with Crippen molar-refractivity contribution in [1.82, 2.24) is 10.2 Å². The van der Waals surface area contributed by atoms with Gasteiger partial charge in [-0.05, 0) is 19.1 Å². The molecule has 7 heteroatoms. The minimum absolute atomic E-state index is 0.177. The van der Waals surface area contributed by atoms with Gasteiger partial charge in [-0.15, -0.1) is 0 Å². The molecule has 2 amide bonds. The number of nitrogen functional groups attached to an aromatic ring is 1. The predicted molar refractivity (Wildman–Crippen MR) is 82.4 cm³/mol.